The van der Waals surface area contributed by atoms with Gasteiger partial charge in [0.2, 0.25) is 0 Å². The van der Waals surface area contributed by atoms with Gasteiger partial charge in [0.15, 0.2) is 0 Å². The van der Waals surface area contributed by atoms with Crippen molar-refractivity contribution in [1.82, 2.24) is 19.6 Å². The molecule has 4 nitrogen and oxygen atoms in total. The first-order chi connectivity index (χ1) is 6.09. The standard InChI is InChI=1S/C9H12N4/c1-9(2,3)7-6-11-12-8-10-4-5-13(7)8/h4-6H,1-3H3. The Balaban J connectivity index is 2.75. The van der Waals surface area contributed by atoms with Crippen molar-refractivity contribution < 1.29 is 0 Å². The lowest BCUT2D eigenvalue weighted by Gasteiger charge is -2.18. The molecule has 0 aliphatic carbocycles. The Labute approximate surface area is 76.6 Å². The Morgan fingerprint density at radius 1 is 1.31 bits per heavy atom. The van der Waals surface area contributed by atoms with Crippen LogP contribution in [0.3, 0.4) is 0 Å². The summed E-state index contributed by atoms with van der Waals surface area (Å²) < 4.78 is 1.97. The Hall–Kier alpha value is -1.45. The summed E-state index contributed by atoms with van der Waals surface area (Å²) in [7, 11) is 0. The number of aromatic nitrogens is 4. The molecule has 0 aliphatic rings. The lowest BCUT2D eigenvalue weighted by molar-refractivity contribution is 0.553. The lowest BCUT2D eigenvalue weighted by Crippen LogP contribution is -2.17. The summed E-state index contributed by atoms with van der Waals surface area (Å²) in [6.45, 7) is 6.43. The monoisotopic (exact) mass is 176 g/mol. The molecule has 2 rings (SSSR count). The number of imidazole rings is 1. The van der Waals surface area contributed by atoms with Crippen LogP contribution in [0.15, 0.2) is 18.6 Å². The van der Waals surface area contributed by atoms with Crippen molar-refractivity contribution in [2.45, 2.75) is 26.2 Å². The predicted molar refractivity (Wildman–Crippen MR) is 49.5 cm³/mol. The molecule has 0 bridgehead atoms. The molecule has 0 amide bonds. The molecular formula is C9H12N4. The number of fused-ring (bicyclic) bond motifs is 1. The van der Waals surface area contributed by atoms with Gasteiger partial charge in [0.25, 0.3) is 5.78 Å². The van der Waals surface area contributed by atoms with Crippen LogP contribution in [-0.2, 0) is 5.41 Å². The van der Waals surface area contributed by atoms with Crippen LogP contribution in [0.5, 0.6) is 0 Å². The molecule has 13 heavy (non-hydrogen) atoms. The van der Waals surface area contributed by atoms with Crippen molar-refractivity contribution in [3.63, 3.8) is 0 Å². The van der Waals surface area contributed by atoms with Gasteiger partial charge in [-0.3, -0.25) is 4.40 Å². The second-order valence-corrected chi connectivity index (χ2v) is 4.08. The lowest BCUT2D eigenvalue weighted by atomic mass is 9.92. The quantitative estimate of drug-likeness (QED) is 0.609. The van der Waals surface area contributed by atoms with Crippen LogP contribution >= 0.6 is 0 Å². The van der Waals surface area contributed by atoms with Gasteiger partial charge in [-0.15, -0.1) is 5.10 Å². The highest BCUT2D eigenvalue weighted by Crippen LogP contribution is 2.20. The van der Waals surface area contributed by atoms with Gasteiger partial charge in [0.1, 0.15) is 0 Å². The molecule has 0 N–H and O–H groups in total. The van der Waals surface area contributed by atoms with Gasteiger partial charge in [-0.05, 0) is 0 Å². The average Bonchev–Trinajstić information content (AvgIpc) is 2.48. The fraction of sp³-hybridized carbons (Fsp3) is 0.444. The second-order valence-electron chi connectivity index (χ2n) is 4.08. The highest BCUT2D eigenvalue weighted by Gasteiger charge is 2.17. The maximum absolute atomic E-state index is 4.08. The summed E-state index contributed by atoms with van der Waals surface area (Å²) in [4.78, 5) is 4.08. The van der Waals surface area contributed by atoms with Gasteiger partial charge in [0, 0.05) is 17.8 Å². The molecule has 4 heteroatoms. The van der Waals surface area contributed by atoms with Crippen LogP contribution in [0.4, 0.5) is 0 Å². The highest BCUT2D eigenvalue weighted by molar-refractivity contribution is 5.29. The fourth-order valence-corrected chi connectivity index (χ4v) is 1.31. The van der Waals surface area contributed by atoms with E-state index in [4.69, 9.17) is 0 Å². The van der Waals surface area contributed by atoms with Crippen molar-refractivity contribution in [3.05, 3.63) is 24.3 Å². The van der Waals surface area contributed by atoms with Crippen molar-refractivity contribution in [2.24, 2.45) is 0 Å². The summed E-state index contributed by atoms with van der Waals surface area (Å²) in [5.74, 6) is 0.660. The molecule has 2 aromatic rings. The molecule has 0 aliphatic heterocycles. The molecule has 0 aromatic carbocycles. The van der Waals surface area contributed by atoms with Crippen LogP contribution < -0.4 is 0 Å². The average molecular weight is 176 g/mol. The molecule has 2 heterocycles. The van der Waals surface area contributed by atoms with Crippen LogP contribution in [0.25, 0.3) is 5.78 Å². The molecule has 0 atom stereocenters. The highest BCUT2D eigenvalue weighted by atomic mass is 15.2. The summed E-state index contributed by atoms with van der Waals surface area (Å²) in [6, 6.07) is 0. The van der Waals surface area contributed by atoms with E-state index in [1.807, 2.05) is 10.6 Å². The second kappa shape index (κ2) is 2.52. The first kappa shape index (κ1) is 8.16. The smallest absolute Gasteiger partial charge is 0.253 e. The van der Waals surface area contributed by atoms with Gasteiger partial charge in [-0.25, -0.2) is 4.98 Å². The van der Waals surface area contributed by atoms with Gasteiger partial charge in [0.05, 0.1) is 11.9 Å². The minimum absolute atomic E-state index is 0.0644. The predicted octanol–water partition coefficient (Wildman–Crippen LogP) is 1.42. The summed E-state index contributed by atoms with van der Waals surface area (Å²) in [6.07, 6.45) is 5.43. The third-order valence-electron chi connectivity index (χ3n) is 1.98. The molecule has 0 radical (unpaired) electrons. The first-order valence-electron chi connectivity index (χ1n) is 4.24. The topological polar surface area (TPSA) is 43.1 Å². The van der Waals surface area contributed by atoms with Crippen molar-refractivity contribution in [3.8, 4) is 0 Å². The molecule has 0 fully saturated rings. The molecule has 0 spiro atoms. The van der Waals surface area contributed by atoms with E-state index in [0.29, 0.717) is 5.78 Å². The minimum atomic E-state index is 0.0644. The zero-order valence-electron chi connectivity index (χ0n) is 8.02. The molecule has 68 valence electrons. The van der Waals surface area contributed by atoms with E-state index >= 15 is 0 Å². The Morgan fingerprint density at radius 2 is 2.08 bits per heavy atom. The van der Waals surface area contributed by atoms with E-state index in [1.165, 1.54) is 0 Å². The maximum Gasteiger partial charge on any atom is 0.253 e. The van der Waals surface area contributed by atoms with Gasteiger partial charge < -0.3 is 0 Å². The molecule has 2 aromatic heterocycles. The number of hydrogen-bond donors (Lipinski definition) is 0. The van der Waals surface area contributed by atoms with Crippen molar-refractivity contribution >= 4 is 5.78 Å². The number of rotatable bonds is 0. The van der Waals surface area contributed by atoms with E-state index in [-0.39, 0.29) is 5.41 Å². The van der Waals surface area contributed by atoms with E-state index in [2.05, 4.69) is 36.0 Å². The summed E-state index contributed by atoms with van der Waals surface area (Å²) in [5, 5.41) is 7.84. The third-order valence-corrected chi connectivity index (χ3v) is 1.98. The molecule has 0 saturated carbocycles. The Morgan fingerprint density at radius 3 is 2.77 bits per heavy atom. The zero-order valence-corrected chi connectivity index (χ0v) is 8.02. The SMILES string of the molecule is CC(C)(C)c1cnnc2nccn12. The van der Waals surface area contributed by atoms with Crippen LogP contribution in [0.2, 0.25) is 0 Å². The van der Waals surface area contributed by atoms with Gasteiger partial charge in [-0.1, -0.05) is 20.8 Å². The minimum Gasteiger partial charge on any atom is -0.285 e. The summed E-state index contributed by atoms with van der Waals surface area (Å²) in [5.41, 5.74) is 1.18. The molecule has 0 saturated heterocycles. The molecule has 0 unspecified atom stereocenters. The molecular weight excluding hydrogens is 164 g/mol. The Bertz CT molecular complexity index is 424. The summed E-state index contributed by atoms with van der Waals surface area (Å²) >= 11 is 0. The normalized spacial score (nSPS) is 12.2. The van der Waals surface area contributed by atoms with Crippen LogP contribution in [0.1, 0.15) is 26.5 Å². The van der Waals surface area contributed by atoms with E-state index in [1.54, 1.807) is 12.4 Å². The van der Waals surface area contributed by atoms with Crippen molar-refractivity contribution in [1.29, 1.82) is 0 Å². The van der Waals surface area contributed by atoms with Crippen molar-refractivity contribution in [2.75, 3.05) is 0 Å². The fourth-order valence-electron chi connectivity index (χ4n) is 1.31. The largest absolute Gasteiger partial charge is 0.285 e. The maximum atomic E-state index is 4.08. The Kier molecular flexibility index (Phi) is 1.58. The first-order valence-corrected chi connectivity index (χ1v) is 4.24. The van der Waals surface area contributed by atoms with Gasteiger partial charge >= 0.3 is 0 Å². The zero-order chi connectivity index (χ0) is 9.47. The van der Waals surface area contributed by atoms with Gasteiger partial charge in [-0.2, -0.15) is 5.10 Å². The van der Waals surface area contributed by atoms with E-state index in [9.17, 15) is 0 Å². The van der Waals surface area contributed by atoms with Crippen LogP contribution in [0, 0.1) is 0 Å². The number of hydrogen-bond acceptors (Lipinski definition) is 3. The van der Waals surface area contributed by atoms with E-state index < -0.39 is 0 Å². The third kappa shape index (κ3) is 1.28. The number of nitrogens with zero attached hydrogens (tertiary/aromatic N) is 4. The van der Waals surface area contributed by atoms with E-state index in [0.717, 1.165) is 5.69 Å². The van der Waals surface area contributed by atoms with Crippen LogP contribution in [-0.4, -0.2) is 19.6 Å².